The van der Waals surface area contributed by atoms with Gasteiger partial charge in [-0.3, -0.25) is 9.59 Å². The van der Waals surface area contributed by atoms with Gasteiger partial charge in [0.15, 0.2) is 0 Å². The topological polar surface area (TPSA) is 117 Å². The molecule has 4 N–H and O–H groups in total. The highest BCUT2D eigenvalue weighted by atomic mass is 32.2. The molecule has 4 aliphatic carbocycles. The SMILES string of the molecule is CCCSc1nc(N2CCC[C@@H](CC(=O)O)C2)c(C(N)=O)cc1[C@H]1C2CC3CC1C[C@@](O)(C3)C2. The van der Waals surface area contributed by atoms with E-state index in [0.717, 1.165) is 74.3 Å². The molecule has 3 atom stereocenters. The number of primary amides is 1. The van der Waals surface area contributed by atoms with Gasteiger partial charge in [-0.05, 0) is 98.3 Å². The average molecular weight is 488 g/mol. The molecule has 2 unspecified atom stereocenters. The van der Waals surface area contributed by atoms with Gasteiger partial charge in [-0.15, -0.1) is 11.8 Å². The van der Waals surface area contributed by atoms with E-state index in [-0.39, 0.29) is 12.3 Å². The second kappa shape index (κ2) is 9.34. The summed E-state index contributed by atoms with van der Waals surface area (Å²) in [5, 5.41) is 21.3. The Morgan fingerprint density at radius 3 is 2.62 bits per heavy atom. The van der Waals surface area contributed by atoms with Crippen LogP contribution in [0.4, 0.5) is 5.82 Å². The number of aliphatic hydroxyl groups is 1. The number of carboxylic acids is 1. The van der Waals surface area contributed by atoms with Crippen molar-refractivity contribution in [3.63, 3.8) is 0 Å². The first-order valence-electron chi connectivity index (χ1n) is 12.9. The number of hydrogen-bond donors (Lipinski definition) is 3. The van der Waals surface area contributed by atoms with E-state index in [9.17, 15) is 19.8 Å². The van der Waals surface area contributed by atoms with Crippen LogP contribution in [0.15, 0.2) is 11.1 Å². The van der Waals surface area contributed by atoms with E-state index in [1.54, 1.807) is 11.8 Å². The summed E-state index contributed by atoms with van der Waals surface area (Å²) in [5.41, 5.74) is 7.00. The number of aliphatic carboxylic acids is 1. The zero-order valence-corrected chi connectivity index (χ0v) is 20.9. The number of amides is 1. The van der Waals surface area contributed by atoms with Crippen LogP contribution in [0.1, 0.15) is 86.6 Å². The van der Waals surface area contributed by atoms with E-state index in [1.165, 1.54) is 0 Å². The molecule has 0 radical (unpaired) electrons. The summed E-state index contributed by atoms with van der Waals surface area (Å²) in [4.78, 5) is 31.1. The third kappa shape index (κ3) is 4.55. The predicted molar refractivity (Wildman–Crippen MR) is 132 cm³/mol. The summed E-state index contributed by atoms with van der Waals surface area (Å²) in [6.45, 7) is 3.50. The molecule has 4 bridgehead atoms. The van der Waals surface area contributed by atoms with Gasteiger partial charge in [0, 0.05) is 19.5 Å². The van der Waals surface area contributed by atoms with Crippen LogP contribution >= 0.6 is 11.8 Å². The monoisotopic (exact) mass is 487 g/mol. The fraction of sp³-hybridized carbons (Fsp3) is 0.731. The molecule has 34 heavy (non-hydrogen) atoms. The normalized spacial score (nSPS) is 34.4. The molecular formula is C26H37N3O4S. The van der Waals surface area contributed by atoms with Crippen molar-refractivity contribution in [2.75, 3.05) is 23.7 Å². The lowest BCUT2D eigenvalue weighted by Crippen LogP contribution is -2.53. The highest BCUT2D eigenvalue weighted by Gasteiger charge is 2.55. The van der Waals surface area contributed by atoms with Crippen LogP contribution in [-0.2, 0) is 4.79 Å². The standard InChI is InChI=1S/C26H37N3O4S/c1-2-6-34-25-19(22-17-7-16-8-18(22)13-26(33,11-16)12-17)10-20(23(27)32)24(28-25)29-5-3-4-15(14-29)9-21(30)31/h10,15-18,22,33H,2-9,11-14H2,1H3,(H2,27,32)(H,30,31)/t15-,16?,17?,18?,22-,26+/m0/s1. The number of aromatic nitrogens is 1. The number of thioether (sulfide) groups is 1. The van der Waals surface area contributed by atoms with E-state index in [4.69, 9.17) is 10.7 Å². The number of anilines is 1. The van der Waals surface area contributed by atoms with E-state index in [2.05, 4.69) is 11.8 Å². The fourth-order valence-electron chi connectivity index (χ4n) is 7.64. The fourth-order valence-corrected chi connectivity index (χ4v) is 8.55. The molecule has 0 spiro atoms. The van der Waals surface area contributed by atoms with Gasteiger partial charge in [0.05, 0.1) is 11.2 Å². The van der Waals surface area contributed by atoms with Crippen molar-refractivity contribution < 1.29 is 19.8 Å². The Morgan fingerprint density at radius 2 is 2.00 bits per heavy atom. The number of pyridine rings is 1. The van der Waals surface area contributed by atoms with E-state index in [0.29, 0.717) is 41.6 Å². The number of carbonyl (C=O) groups excluding carboxylic acids is 1. The summed E-state index contributed by atoms with van der Waals surface area (Å²) in [6.07, 6.45) is 7.86. The molecule has 5 fully saturated rings. The van der Waals surface area contributed by atoms with Gasteiger partial charge >= 0.3 is 5.97 Å². The second-order valence-corrected chi connectivity index (χ2v) is 12.3. The van der Waals surface area contributed by atoms with Crippen molar-refractivity contribution in [3.8, 4) is 0 Å². The smallest absolute Gasteiger partial charge is 0.303 e. The predicted octanol–water partition coefficient (Wildman–Crippen LogP) is 4.03. The summed E-state index contributed by atoms with van der Waals surface area (Å²) < 4.78 is 0. The van der Waals surface area contributed by atoms with Crippen LogP contribution in [0.2, 0.25) is 0 Å². The minimum absolute atomic E-state index is 0.0466. The maximum absolute atomic E-state index is 12.7. The lowest BCUT2D eigenvalue weighted by Gasteiger charge is -2.58. The Kier molecular flexibility index (Phi) is 6.57. The number of carbonyl (C=O) groups is 2. The third-order valence-electron chi connectivity index (χ3n) is 8.59. The first-order chi connectivity index (χ1) is 16.3. The number of nitrogens with zero attached hydrogens (tertiary/aromatic N) is 2. The van der Waals surface area contributed by atoms with E-state index < -0.39 is 17.5 Å². The number of rotatable bonds is 8. The number of piperidine rings is 1. The maximum Gasteiger partial charge on any atom is 0.303 e. The minimum Gasteiger partial charge on any atom is -0.481 e. The summed E-state index contributed by atoms with van der Waals surface area (Å²) in [7, 11) is 0. The Morgan fingerprint density at radius 1 is 1.26 bits per heavy atom. The summed E-state index contributed by atoms with van der Waals surface area (Å²) in [6, 6.07) is 2.01. The van der Waals surface area contributed by atoms with Crippen molar-refractivity contribution in [1.29, 1.82) is 0 Å². The van der Waals surface area contributed by atoms with Crippen molar-refractivity contribution in [2.45, 2.75) is 81.3 Å². The molecule has 2 heterocycles. The zero-order chi connectivity index (χ0) is 24.0. The quantitative estimate of drug-likeness (QED) is 0.474. The van der Waals surface area contributed by atoms with Crippen LogP contribution in [0.25, 0.3) is 0 Å². The molecule has 1 saturated heterocycles. The summed E-state index contributed by atoms with van der Waals surface area (Å²) >= 11 is 1.75. The van der Waals surface area contributed by atoms with Crippen LogP contribution in [0.3, 0.4) is 0 Å². The third-order valence-corrected chi connectivity index (χ3v) is 9.80. The van der Waals surface area contributed by atoms with Crippen molar-refractivity contribution >= 4 is 29.5 Å². The number of carboxylic acid groups (broad SMARTS) is 1. The molecule has 6 rings (SSSR count). The highest BCUT2D eigenvalue weighted by molar-refractivity contribution is 7.99. The van der Waals surface area contributed by atoms with Crippen LogP contribution in [0.5, 0.6) is 0 Å². The molecule has 1 aliphatic heterocycles. The number of hydrogen-bond acceptors (Lipinski definition) is 6. The second-order valence-electron chi connectivity index (χ2n) is 11.2. The molecular weight excluding hydrogens is 450 g/mol. The van der Waals surface area contributed by atoms with Gasteiger partial charge in [-0.1, -0.05) is 6.92 Å². The van der Waals surface area contributed by atoms with E-state index in [1.807, 2.05) is 6.07 Å². The molecule has 4 saturated carbocycles. The van der Waals surface area contributed by atoms with Crippen molar-refractivity contribution in [1.82, 2.24) is 4.98 Å². The first-order valence-corrected chi connectivity index (χ1v) is 13.9. The summed E-state index contributed by atoms with van der Waals surface area (Å²) in [5.74, 6) is 2.15. The molecule has 1 aromatic rings. The Bertz CT molecular complexity index is 954. The first kappa shape index (κ1) is 23.9. The van der Waals surface area contributed by atoms with Crippen LogP contribution in [0, 0.1) is 23.7 Å². The van der Waals surface area contributed by atoms with Gasteiger partial charge in [0.25, 0.3) is 5.91 Å². The van der Waals surface area contributed by atoms with Gasteiger partial charge in [0.1, 0.15) is 10.8 Å². The van der Waals surface area contributed by atoms with Gasteiger partial charge in [-0.25, -0.2) is 4.98 Å². The Hall–Kier alpha value is -1.80. The molecule has 1 aromatic heterocycles. The number of nitrogens with two attached hydrogens (primary N) is 1. The lowest BCUT2D eigenvalue weighted by molar-refractivity contribution is -0.138. The van der Waals surface area contributed by atoms with Crippen LogP contribution < -0.4 is 10.6 Å². The molecule has 7 nitrogen and oxygen atoms in total. The Labute approximate surface area is 205 Å². The molecule has 186 valence electrons. The molecule has 5 aliphatic rings. The van der Waals surface area contributed by atoms with Crippen LogP contribution in [-0.4, -0.2) is 51.5 Å². The van der Waals surface area contributed by atoms with Crippen molar-refractivity contribution in [2.24, 2.45) is 29.4 Å². The highest BCUT2D eigenvalue weighted by Crippen LogP contribution is 2.62. The minimum atomic E-state index is -0.784. The van der Waals surface area contributed by atoms with Gasteiger partial charge in [-0.2, -0.15) is 0 Å². The van der Waals surface area contributed by atoms with E-state index >= 15 is 0 Å². The Balaban J connectivity index is 1.52. The zero-order valence-electron chi connectivity index (χ0n) is 20.0. The molecule has 1 amide bonds. The maximum atomic E-state index is 12.7. The largest absolute Gasteiger partial charge is 0.481 e. The van der Waals surface area contributed by atoms with Gasteiger partial charge in [0.2, 0.25) is 0 Å². The molecule has 8 heteroatoms. The van der Waals surface area contributed by atoms with Crippen molar-refractivity contribution in [3.05, 3.63) is 17.2 Å². The average Bonchev–Trinajstić information content (AvgIpc) is 2.76. The lowest BCUT2D eigenvalue weighted by atomic mass is 9.49. The van der Waals surface area contributed by atoms with Gasteiger partial charge < -0.3 is 20.8 Å². The molecule has 0 aromatic carbocycles.